The van der Waals surface area contributed by atoms with E-state index in [1.165, 1.54) is 49.1 Å². The fourth-order valence-corrected chi connectivity index (χ4v) is 3.83. The third-order valence-corrected chi connectivity index (χ3v) is 5.08. The van der Waals surface area contributed by atoms with E-state index in [1.807, 2.05) is 0 Å². The minimum atomic E-state index is 1.19. The Kier molecular flexibility index (Phi) is 3.07. The van der Waals surface area contributed by atoms with E-state index in [0.717, 1.165) is 0 Å². The second-order valence-corrected chi connectivity index (χ2v) is 6.61. The molecule has 0 amide bonds. The predicted octanol–water partition coefficient (Wildman–Crippen LogP) is 5.94. The van der Waals surface area contributed by atoms with Crippen molar-refractivity contribution in [2.24, 2.45) is 0 Å². The largest absolute Gasteiger partial charge is 0.219 e. The first kappa shape index (κ1) is 14.2. The van der Waals surface area contributed by atoms with Crippen molar-refractivity contribution < 1.29 is 4.98 Å². The van der Waals surface area contributed by atoms with Gasteiger partial charge < -0.3 is 0 Å². The first-order valence-electron chi connectivity index (χ1n) is 8.63. The van der Waals surface area contributed by atoms with Crippen LogP contribution in [0.5, 0.6) is 0 Å². The Hall–Kier alpha value is -3.19. The standard InChI is InChI=1S/C24H17N/c1-16-14-18-7-2-3-8-19(18)15-23(16)24-22-11-10-17-6-4-5-9-20(17)21(22)12-13-25-24/h2-15H,1H3/p+1. The molecule has 0 aliphatic heterocycles. The van der Waals surface area contributed by atoms with E-state index in [0.29, 0.717) is 0 Å². The van der Waals surface area contributed by atoms with Gasteiger partial charge in [-0.25, -0.2) is 4.98 Å². The highest BCUT2D eigenvalue weighted by molar-refractivity contribution is 6.11. The SMILES string of the molecule is Cc1cc2ccccc2cc1-c1[nH+]ccc2c1ccc1ccccc12. The van der Waals surface area contributed by atoms with Gasteiger partial charge in [-0.3, -0.25) is 0 Å². The molecule has 0 fully saturated rings. The number of aromatic amines is 1. The molecular formula is C24H18N+. The fraction of sp³-hybridized carbons (Fsp3) is 0.0417. The lowest BCUT2D eigenvalue weighted by Crippen LogP contribution is -2.07. The molecule has 0 saturated carbocycles. The molecule has 5 aromatic rings. The quantitative estimate of drug-likeness (QED) is 0.340. The zero-order chi connectivity index (χ0) is 16.8. The van der Waals surface area contributed by atoms with Crippen LogP contribution in [-0.2, 0) is 0 Å². The van der Waals surface area contributed by atoms with Gasteiger partial charge in [-0.05, 0) is 46.2 Å². The van der Waals surface area contributed by atoms with Crippen LogP contribution in [0.25, 0.3) is 43.6 Å². The number of H-pyrrole nitrogens is 1. The Morgan fingerprint density at radius 3 is 2.16 bits per heavy atom. The molecule has 0 atom stereocenters. The van der Waals surface area contributed by atoms with Gasteiger partial charge >= 0.3 is 0 Å². The van der Waals surface area contributed by atoms with Crippen molar-refractivity contribution in [3.8, 4) is 11.3 Å². The van der Waals surface area contributed by atoms with Crippen LogP contribution in [0.15, 0.2) is 85.1 Å². The maximum absolute atomic E-state index is 3.50. The Bertz CT molecular complexity index is 1250. The number of aromatic nitrogens is 1. The van der Waals surface area contributed by atoms with Gasteiger partial charge in [-0.2, -0.15) is 0 Å². The molecule has 1 nitrogen and oxygen atoms in total. The molecular weight excluding hydrogens is 302 g/mol. The number of pyridine rings is 1. The van der Waals surface area contributed by atoms with Crippen molar-refractivity contribution in [2.75, 3.05) is 0 Å². The van der Waals surface area contributed by atoms with Crippen LogP contribution in [0.1, 0.15) is 5.56 Å². The van der Waals surface area contributed by atoms with E-state index in [9.17, 15) is 0 Å². The smallest absolute Gasteiger partial charge is 0.211 e. The summed E-state index contributed by atoms with van der Waals surface area (Å²) >= 11 is 0. The number of rotatable bonds is 1. The maximum Gasteiger partial charge on any atom is 0.219 e. The van der Waals surface area contributed by atoms with Gasteiger partial charge in [0.05, 0.1) is 10.9 Å². The summed E-state index contributed by atoms with van der Waals surface area (Å²) in [6, 6.07) is 28.3. The molecule has 25 heavy (non-hydrogen) atoms. The van der Waals surface area contributed by atoms with E-state index in [4.69, 9.17) is 0 Å². The summed E-state index contributed by atoms with van der Waals surface area (Å²) < 4.78 is 0. The highest BCUT2D eigenvalue weighted by atomic mass is 14.7. The fourth-order valence-electron chi connectivity index (χ4n) is 3.83. The minimum absolute atomic E-state index is 1.19. The van der Waals surface area contributed by atoms with Crippen LogP contribution in [0.2, 0.25) is 0 Å². The first-order valence-corrected chi connectivity index (χ1v) is 8.63. The van der Waals surface area contributed by atoms with Gasteiger partial charge in [0.15, 0.2) is 6.20 Å². The van der Waals surface area contributed by atoms with Crippen molar-refractivity contribution >= 4 is 32.3 Å². The molecule has 5 rings (SSSR count). The van der Waals surface area contributed by atoms with Crippen LogP contribution in [-0.4, -0.2) is 0 Å². The summed E-state index contributed by atoms with van der Waals surface area (Å²) in [6.45, 7) is 2.19. The summed E-state index contributed by atoms with van der Waals surface area (Å²) in [6.07, 6.45) is 2.05. The van der Waals surface area contributed by atoms with E-state index >= 15 is 0 Å². The number of benzene rings is 4. The van der Waals surface area contributed by atoms with Crippen LogP contribution >= 0.6 is 0 Å². The predicted molar refractivity (Wildman–Crippen MR) is 106 cm³/mol. The van der Waals surface area contributed by atoms with Crippen LogP contribution < -0.4 is 4.98 Å². The molecule has 4 aromatic carbocycles. The molecule has 0 aliphatic rings. The highest BCUT2D eigenvalue weighted by Crippen LogP contribution is 2.33. The molecule has 1 aromatic heterocycles. The van der Waals surface area contributed by atoms with E-state index in [-0.39, 0.29) is 0 Å². The second-order valence-electron chi connectivity index (χ2n) is 6.61. The molecule has 0 spiro atoms. The van der Waals surface area contributed by atoms with E-state index < -0.39 is 0 Å². The second kappa shape index (κ2) is 5.42. The highest BCUT2D eigenvalue weighted by Gasteiger charge is 2.15. The Labute approximate surface area is 146 Å². The number of aryl methyl sites for hydroxylation is 1. The maximum atomic E-state index is 3.50. The molecule has 0 radical (unpaired) electrons. The number of hydrogen-bond donors (Lipinski definition) is 0. The molecule has 1 N–H and O–H groups in total. The topological polar surface area (TPSA) is 14.1 Å². The molecule has 0 saturated heterocycles. The van der Waals surface area contributed by atoms with Crippen LogP contribution in [0.3, 0.4) is 0 Å². The van der Waals surface area contributed by atoms with Crippen LogP contribution in [0.4, 0.5) is 0 Å². The lowest BCUT2D eigenvalue weighted by molar-refractivity contribution is -0.362. The van der Waals surface area contributed by atoms with Crippen molar-refractivity contribution in [1.29, 1.82) is 0 Å². The van der Waals surface area contributed by atoms with Gasteiger partial charge in [0, 0.05) is 11.5 Å². The lowest BCUT2D eigenvalue weighted by Gasteiger charge is -2.08. The summed E-state index contributed by atoms with van der Waals surface area (Å²) in [7, 11) is 0. The summed E-state index contributed by atoms with van der Waals surface area (Å²) in [5.74, 6) is 0. The van der Waals surface area contributed by atoms with Crippen molar-refractivity contribution in [2.45, 2.75) is 6.92 Å². The molecule has 0 unspecified atom stereocenters. The Balaban J connectivity index is 1.87. The minimum Gasteiger partial charge on any atom is -0.211 e. The van der Waals surface area contributed by atoms with Crippen molar-refractivity contribution in [3.63, 3.8) is 0 Å². The zero-order valence-corrected chi connectivity index (χ0v) is 14.1. The Morgan fingerprint density at radius 1 is 0.600 bits per heavy atom. The summed E-state index contributed by atoms with van der Waals surface area (Å²) in [5.41, 5.74) is 3.74. The van der Waals surface area contributed by atoms with Gasteiger partial charge in [-0.1, -0.05) is 60.7 Å². The van der Waals surface area contributed by atoms with Gasteiger partial charge in [0.25, 0.3) is 0 Å². The molecule has 0 aliphatic carbocycles. The Morgan fingerprint density at radius 2 is 1.32 bits per heavy atom. The molecule has 1 heteroatoms. The van der Waals surface area contributed by atoms with Crippen molar-refractivity contribution in [1.82, 2.24) is 0 Å². The van der Waals surface area contributed by atoms with E-state index in [1.54, 1.807) is 0 Å². The average Bonchev–Trinajstić information content (AvgIpc) is 2.67. The van der Waals surface area contributed by atoms with Gasteiger partial charge in [0.1, 0.15) is 0 Å². The number of hydrogen-bond acceptors (Lipinski definition) is 0. The summed E-state index contributed by atoms with van der Waals surface area (Å²) in [5, 5.41) is 7.69. The zero-order valence-electron chi connectivity index (χ0n) is 14.1. The summed E-state index contributed by atoms with van der Waals surface area (Å²) in [4.78, 5) is 3.50. The number of nitrogens with one attached hydrogen (secondary N) is 1. The van der Waals surface area contributed by atoms with E-state index in [2.05, 4.69) is 97.0 Å². The first-order chi connectivity index (χ1) is 12.3. The van der Waals surface area contributed by atoms with Crippen molar-refractivity contribution in [3.05, 3.63) is 90.6 Å². The van der Waals surface area contributed by atoms with Crippen LogP contribution in [0, 0.1) is 6.92 Å². The normalized spacial score (nSPS) is 11.4. The lowest BCUT2D eigenvalue weighted by atomic mass is 9.95. The number of fused-ring (bicyclic) bond motifs is 4. The van der Waals surface area contributed by atoms with Gasteiger partial charge in [-0.15, -0.1) is 0 Å². The molecule has 1 heterocycles. The third-order valence-electron chi connectivity index (χ3n) is 5.08. The average molecular weight is 320 g/mol. The third kappa shape index (κ3) is 2.20. The monoisotopic (exact) mass is 320 g/mol. The molecule has 118 valence electrons. The van der Waals surface area contributed by atoms with Gasteiger partial charge in [0.2, 0.25) is 5.69 Å². The molecule has 0 bridgehead atoms.